The molecular weight excluding hydrogens is 268 g/mol. The number of terminal acetylenes is 1. The summed E-state index contributed by atoms with van der Waals surface area (Å²) in [6, 6.07) is 2.77. The summed E-state index contributed by atoms with van der Waals surface area (Å²) < 4.78 is 0. The number of amides is 2. The largest absolute Gasteiger partial charge is 0.478 e. The number of carboxylic acids is 1. The quantitative estimate of drug-likeness (QED) is 0.729. The zero-order valence-electron chi connectivity index (χ0n) is 12.5. The highest BCUT2D eigenvalue weighted by Crippen LogP contribution is 2.23. The summed E-state index contributed by atoms with van der Waals surface area (Å²) in [4.78, 5) is 23.3. The summed E-state index contributed by atoms with van der Waals surface area (Å²) >= 11 is 0. The van der Waals surface area contributed by atoms with Gasteiger partial charge in [-0.2, -0.15) is 0 Å². The van der Waals surface area contributed by atoms with E-state index in [2.05, 4.69) is 16.6 Å². The van der Waals surface area contributed by atoms with Gasteiger partial charge < -0.3 is 15.7 Å². The molecule has 1 atom stereocenters. The standard InChI is InChI=1S/C16H20N2O3/c1-5-7-12(6-2)17-16(21)18-14-11(4)8-10(3)9-13(14)15(19)20/h1,8-9,12H,6-7H2,2-4H3,(H,19,20)(H2,17,18,21). The number of aromatic carboxylic acids is 1. The Morgan fingerprint density at radius 1 is 1.38 bits per heavy atom. The van der Waals surface area contributed by atoms with Crippen LogP contribution in [0.2, 0.25) is 0 Å². The van der Waals surface area contributed by atoms with Crippen molar-refractivity contribution in [2.45, 2.75) is 39.7 Å². The summed E-state index contributed by atoms with van der Waals surface area (Å²) in [5.41, 5.74) is 1.91. The highest BCUT2D eigenvalue weighted by molar-refractivity contribution is 6.01. The SMILES string of the molecule is C#CCC(CC)NC(=O)Nc1c(C)cc(C)cc1C(=O)O. The van der Waals surface area contributed by atoms with Crippen LogP contribution in [-0.2, 0) is 0 Å². The Hall–Kier alpha value is -2.48. The number of hydrogen-bond donors (Lipinski definition) is 3. The summed E-state index contributed by atoms with van der Waals surface area (Å²) in [5, 5.41) is 14.6. The third kappa shape index (κ3) is 4.53. The van der Waals surface area contributed by atoms with Crippen molar-refractivity contribution in [3.63, 3.8) is 0 Å². The maximum atomic E-state index is 12.0. The number of carbonyl (C=O) groups excluding carboxylic acids is 1. The first-order valence-electron chi connectivity index (χ1n) is 6.74. The first-order chi connectivity index (χ1) is 9.88. The Kier molecular flexibility index (Phi) is 5.79. The maximum Gasteiger partial charge on any atom is 0.337 e. The molecule has 1 aromatic carbocycles. The van der Waals surface area contributed by atoms with Gasteiger partial charge in [-0.1, -0.05) is 13.0 Å². The molecule has 0 spiro atoms. The third-order valence-electron chi connectivity index (χ3n) is 3.14. The van der Waals surface area contributed by atoms with Crippen molar-refractivity contribution in [3.05, 3.63) is 28.8 Å². The van der Waals surface area contributed by atoms with E-state index in [4.69, 9.17) is 6.42 Å². The molecule has 0 bridgehead atoms. The summed E-state index contributed by atoms with van der Waals surface area (Å²) in [7, 11) is 0. The number of carbonyl (C=O) groups is 2. The molecule has 1 aromatic rings. The molecule has 112 valence electrons. The monoisotopic (exact) mass is 288 g/mol. The molecule has 0 heterocycles. The molecule has 0 aliphatic heterocycles. The van der Waals surface area contributed by atoms with Gasteiger partial charge in [-0.05, 0) is 37.5 Å². The fourth-order valence-electron chi connectivity index (χ4n) is 2.08. The van der Waals surface area contributed by atoms with Crippen LogP contribution in [0.4, 0.5) is 10.5 Å². The number of rotatable bonds is 5. The highest BCUT2D eigenvalue weighted by Gasteiger charge is 2.17. The van der Waals surface area contributed by atoms with Crippen molar-refractivity contribution in [3.8, 4) is 12.3 Å². The third-order valence-corrected chi connectivity index (χ3v) is 3.14. The van der Waals surface area contributed by atoms with Gasteiger partial charge in [0.1, 0.15) is 0 Å². The molecule has 5 heteroatoms. The molecule has 1 unspecified atom stereocenters. The van der Waals surface area contributed by atoms with Crippen molar-refractivity contribution in [2.24, 2.45) is 0 Å². The number of aryl methyl sites for hydroxylation is 2. The van der Waals surface area contributed by atoms with Gasteiger partial charge in [0.05, 0.1) is 11.3 Å². The molecule has 0 radical (unpaired) electrons. The normalized spacial score (nSPS) is 11.3. The Bertz CT molecular complexity index is 588. The number of hydrogen-bond acceptors (Lipinski definition) is 2. The van der Waals surface area contributed by atoms with Crippen LogP contribution in [0.3, 0.4) is 0 Å². The Morgan fingerprint density at radius 3 is 2.57 bits per heavy atom. The predicted molar refractivity (Wildman–Crippen MR) is 82.6 cm³/mol. The highest BCUT2D eigenvalue weighted by atomic mass is 16.4. The Morgan fingerprint density at radius 2 is 2.05 bits per heavy atom. The van der Waals surface area contributed by atoms with Gasteiger partial charge >= 0.3 is 12.0 Å². The van der Waals surface area contributed by atoms with Crippen molar-refractivity contribution in [1.29, 1.82) is 0 Å². The molecule has 21 heavy (non-hydrogen) atoms. The lowest BCUT2D eigenvalue weighted by Crippen LogP contribution is -2.37. The molecule has 1 rings (SSSR count). The molecule has 0 fully saturated rings. The van der Waals surface area contributed by atoms with Gasteiger partial charge in [0, 0.05) is 12.5 Å². The summed E-state index contributed by atoms with van der Waals surface area (Å²) in [6.07, 6.45) is 6.38. The number of nitrogens with one attached hydrogen (secondary N) is 2. The Labute approximate surface area is 124 Å². The number of anilines is 1. The van der Waals surface area contributed by atoms with Gasteiger partial charge in [-0.25, -0.2) is 9.59 Å². The lowest BCUT2D eigenvalue weighted by atomic mass is 10.0. The van der Waals surface area contributed by atoms with E-state index >= 15 is 0 Å². The molecule has 3 N–H and O–H groups in total. The van der Waals surface area contributed by atoms with Gasteiger partial charge in [-0.15, -0.1) is 12.3 Å². The van der Waals surface area contributed by atoms with Gasteiger partial charge in [-0.3, -0.25) is 0 Å². The molecule has 2 amide bonds. The number of benzene rings is 1. The molecular formula is C16H20N2O3. The molecule has 0 aromatic heterocycles. The van der Waals surface area contributed by atoms with Crippen LogP contribution in [0.5, 0.6) is 0 Å². The van der Waals surface area contributed by atoms with E-state index < -0.39 is 12.0 Å². The zero-order chi connectivity index (χ0) is 16.0. The molecule has 0 saturated carbocycles. The first-order valence-corrected chi connectivity index (χ1v) is 6.74. The van der Waals surface area contributed by atoms with Crippen molar-refractivity contribution in [2.75, 3.05) is 5.32 Å². The first kappa shape index (κ1) is 16.6. The minimum absolute atomic E-state index is 0.0765. The van der Waals surface area contributed by atoms with E-state index in [-0.39, 0.29) is 11.6 Å². The smallest absolute Gasteiger partial charge is 0.337 e. The van der Waals surface area contributed by atoms with Crippen LogP contribution in [0.25, 0.3) is 0 Å². The van der Waals surface area contributed by atoms with E-state index in [9.17, 15) is 14.7 Å². The lowest BCUT2D eigenvalue weighted by Gasteiger charge is -2.17. The van der Waals surface area contributed by atoms with E-state index in [1.807, 2.05) is 19.9 Å². The van der Waals surface area contributed by atoms with Gasteiger partial charge in [0.15, 0.2) is 0 Å². The molecule has 5 nitrogen and oxygen atoms in total. The Balaban J connectivity index is 2.95. The van der Waals surface area contributed by atoms with Crippen LogP contribution in [0.1, 0.15) is 41.3 Å². The van der Waals surface area contributed by atoms with Gasteiger partial charge in [0.25, 0.3) is 0 Å². The van der Waals surface area contributed by atoms with E-state index in [1.54, 1.807) is 6.92 Å². The second-order valence-corrected chi connectivity index (χ2v) is 4.92. The van der Waals surface area contributed by atoms with E-state index in [0.717, 1.165) is 5.56 Å². The zero-order valence-corrected chi connectivity index (χ0v) is 12.5. The average Bonchev–Trinajstić information content (AvgIpc) is 2.40. The summed E-state index contributed by atoms with van der Waals surface area (Å²) in [6.45, 7) is 5.49. The minimum Gasteiger partial charge on any atom is -0.478 e. The predicted octanol–water partition coefficient (Wildman–Crippen LogP) is 2.93. The lowest BCUT2D eigenvalue weighted by molar-refractivity contribution is 0.0698. The topological polar surface area (TPSA) is 78.4 Å². The fourth-order valence-corrected chi connectivity index (χ4v) is 2.08. The van der Waals surface area contributed by atoms with Crippen LogP contribution >= 0.6 is 0 Å². The molecule has 0 aliphatic rings. The van der Waals surface area contributed by atoms with Crippen LogP contribution in [0, 0.1) is 26.2 Å². The minimum atomic E-state index is -1.08. The fraction of sp³-hybridized carbons (Fsp3) is 0.375. The number of carboxylic acid groups (broad SMARTS) is 1. The van der Waals surface area contributed by atoms with Crippen LogP contribution in [0.15, 0.2) is 12.1 Å². The van der Waals surface area contributed by atoms with Gasteiger partial charge in [0.2, 0.25) is 0 Å². The number of urea groups is 1. The molecule has 0 saturated heterocycles. The van der Waals surface area contributed by atoms with E-state index in [1.165, 1.54) is 6.07 Å². The second kappa shape index (κ2) is 7.34. The van der Waals surface area contributed by atoms with E-state index in [0.29, 0.717) is 24.1 Å². The van der Waals surface area contributed by atoms with Crippen molar-refractivity contribution >= 4 is 17.7 Å². The van der Waals surface area contributed by atoms with Crippen LogP contribution in [-0.4, -0.2) is 23.1 Å². The van der Waals surface area contributed by atoms with Crippen molar-refractivity contribution in [1.82, 2.24) is 5.32 Å². The van der Waals surface area contributed by atoms with Crippen LogP contribution < -0.4 is 10.6 Å². The average molecular weight is 288 g/mol. The second-order valence-electron chi connectivity index (χ2n) is 4.92. The van der Waals surface area contributed by atoms with Crippen molar-refractivity contribution < 1.29 is 14.7 Å². The summed E-state index contributed by atoms with van der Waals surface area (Å²) in [5.74, 6) is 1.42. The maximum absolute atomic E-state index is 12.0. The molecule has 0 aliphatic carbocycles.